The quantitative estimate of drug-likeness (QED) is 0.171. The van der Waals surface area contributed by atoms with Crippen molar-refractivity contribution in [3.05, 3.63) is 47.9 Å². The van der Waals surface area contributed by atoms with Crippen LogP contribution in [0.3, 0.4) is 0 Å². The van der Waals surface area contributed by atoms with E-state index in [9.17, 15) is 10.4 Å². The van der Waals surface area contributed by atoms with E-state index in [1.54, 1.807) is 12.7 Å². The molecule has 0 fully saturated rings. The summed E-state index contributed by atoms with van der Waals surface area (Å²) < 4.78 is 0. The van der Waals surface area contributed by atoms with E-state index >= 15 is 0 Å². The van der Waals surface area contributed by atoms with E-state index in [4.69, 9.17) is 10.4 Å². The lowest BCUT2D eigenvalue weighted by atomic mass is 10.6. The fourth-order valence-electron chi connectivity index (χ4n) is 1.73. The van der Waals surface area contributed by atoms with Gasteiger partial charge in [0.05, 0.1) is 0 Å². The van der Waals surface area contributed by atoms with Gasteiger partial charge in [-0.1, -0.05) is 9.69 Å². The fourth-order valence-corrected chi connectivity index (χ4v) is 1.73. The predicted octanol–water partition coefficient (Wildman–Crippen LogP) is -4.52. The lowest BCUT2D eigenvalue weighted by Crippen LogP contribution is -2.03. The minimum atomic E-state index is -0.324. The molecule has 0 aliphatic carbocycles. The number of aromatic nitrogens is 20. The van der Waals surface area contributed by atoms with Gasteiger partial charge >= 0.3 is 0 Å². The zero-order valence-corrected chi connectivity index (χ0v) is 16.3. The summed E-state index contributed by atoms with van der Waals surface area (Å²) >= 11 is 0. The maximum absolute atomic E-state index is 10.7. The van der Waals surface area contributed by atoms with E-state index in [0.29, 0.717) is 9.69 Å². The van der Waals surface area contributed by atoms with Crippen LogP contribution in [0.15, 0.2) is 37.4 Å². The minimum Gasteiger partial charge on any atom is -0.787 e. The zero-order valence-electron chi connectivity index (χ0n) is 16.3. The van der Waals surface area contributed by atoms with Crippen molar-refractivity contribution in [3.8, 4) is 23.3 Å². The SMILES string of the molecule is On1nnnc1-c1nnnn1O.[O-]n1nnnc1-c1nnnn1[O-].c1c[nH+]c[nH]1.c1c[nH+]c[nH]1. The van der Waals surface area contributed by atoms with Crippen molar-refractivity contribution in [2.45, 2.75) is 0 Å². The topological polar surface area (TPSA) is 321 Å². The van der Waals surface area contributed by atoms with Gasteiger partial charge in [0.2, 0.25) is 24.3 Å². The van der Waals surface area contributed by atoms with Crippen LogP contribution in [0.4, 0.5) is 0 Å². The van der Waals surface area contributed by atoms with E-state index in [-0.39, 0.29) is 33.0 Å². The fraction of sp³-hybridized carbons (Fsp3) is 0. The lowest BCUT2D eigenvalue weighted by Gasteiger charge is -2.07. The number of imidazole rings is 2. The summed E-state index contributed by atoms with van der Waals surface area (Å²) in [6.45, 7) is 0. The third kappa shape index (κ3) is 5.96. The van der Waals surface area contributed by atoms with E-state index in [1.165, 1.54) is 0 Å². The monoisotopic (exact) mass is 476 g/mol. The average molecular weight is 476 g/mol. The van der Waals surface area contributed by atoms with Crippen LogP contribution in [0.2, 0.25) is 0 Å². The first-order valence-corrected chi connectivity index (χ1v) is 8.43. The molecule has 0 aromatic carbocycles. The number of H-pyrrole nitrogens is 4. The van der Waals surface area contributed by atoms with Gasteiger partial charge in [-0.15, -0.1) is 20.4 Å². The number of nitrogens with one attached hydrogen (secondary N) is 4. The number of rotatable bonds is 2. The van der Waals surface area contributed by atoms with Crippen LogP contribution in [0.25, 0.3) is 23.3 Å². The van der Waals surface area contributed by atoms with E-state index in [2.05, 4.69) is 82.0 Å². The maximum Gasteiger partial charge on any atom is 0.264 e. The normalized spacial score (nSPS) is 9.65. The molecule has 0 saturated heterocycles. The Morgan fingerprint density at radius 1 is 0.618 bits per heavy atom. The number of hydrogen-bond donors (Lipinski definition) is 4. The molecule has 0 aliphatic rings. The first kappa shape index (κ1) is 22.6. The summed E-state index contributed by atoms with van der Waals surface area (Å²) in [5, 5.41) is 76.8. The molecule has 0 atom stereocenters. The van der Waals surface area contributed by atoms with Crippen molar-refractivity contribution < 1.29 is 20.4 Å². The zero-order chi connectivity index (χ0) is 24.2. The Hall–Kier alpha value is -6.10. The number of nitrogens with zero attached hydrogens (tertiary/aromatic N) is 16. The molecule has 6 N–H and O–H groups in total. The highest BCUT2D eigenvalue weighted by atomic mass is 16.5. The van der Waals surface area contributed by atoms with Crippen molar-refractivity contribution in [2.75, 3.05) is 0 Å². The summed E-state index contributed by atoms with van der Waals surface area (Å²) in [5.74, 6) is -0.949. The standard InChI is InChI=1S/2C3H4N2.C2H2N8O2.C2N8O2/c2*1-2-5-3-4-1;2*11-9-1(3-5-7-9)2-4-6-8-10(2)12/h2*1-3H,(H,4,5);11-12H;/q;;;-2/p+2. The summed E-state index contributed by atoms with van der Waals surface area (Å²) in [4.78, 5) is 12.0. The molecule has 0 bridgehead atoms. The molecule has 0 radical (unpaired) electrons. The Morgan fingerprint density at radius 2 is 1.00 bits per heavy atom. The van der Waals surface area contributed by atoms with E-state index < -0.39 is 0 Å². The number of aromatic amines is 4. The van der Waals surface area contributed by atoms with Crippen molar-refractivity contribution in [1.82, 2.24) is 91.5 Å². The summed E-state index contributed by atoms with van der Waals surface area (Å²) in [6, 6.07) is 0. The van der Waals surface area contributed by atoms with Crippen molar-refractivity contribution >= 4 is 0 Å². The molecule has 6 rings (SSSR count). The molecule has 24 heteroatoms. The van der Waals surface area contributed by atoms with Gasteiger partial charge < -0.3 is 20.8 Å². The van der Waals surface area contributed by atoms with Gasteiger partial charge in [0.25, 0.3) is 11.6 Å². The van der Waals surface area contributed by atoms with Crippen molar-refractivity contribution in [1.29, 1.82) is 0 Å². The van der Waals surface area contributed by atoms with Gasteiger partial charge in [-0.2, -0.15) is 0 Å². The molecule has 24 nitrogen and oxygen atoms in total. The molecule has 0 saturated carbocycles. The van der Waals surface area contributed by atoms with Crippen LogP contribution in [0, 0.1) is 10.4 Å². The van der Waals surface area contributed by atoms with Gasteiger partial charge in [-0.05, 0) is 41.7 Å². The third-order valence-electron chi connectivity index (χ3n) is 3.08. The Labute approximate surface area is 184 Å². The molecule has 0 spiro atoms. The molecular formula is C10H12N20O4. The molecule has 176 valence electrons. The smallest absolute Gasteiger partial charge is 0.264 e. The van der Waals surface area contributed by atoms with E-state index in [1.807, 2.05) is 24.8 Å². The molecule has 6 aromatic rings. The van der Waals surface area contributed by atoms with Gasteiger partial charge in [0.1, 0.15) is 24.8 Å². The third-order valence-corrected chi connectivity index (χ3v) is 3.08. The summed E-state index contributed by atoms with van der Waals surface area (Å²) in [6.07, 6.45) is 10.8. The second kappa shape index (κ2) is 11.3. The van der Waals surface area contributed by atoms with Crippen LogP contribution in [-0.4, -0.2) is 102 Å². The molecule has 6 aromatic heterocycles. The predicted molar refractivity (Wildman–Crippen MR) is 95.9 cm³/mol. The van der Waals surface area contributed by atoms with E-state index in [0.717, 1.165) is 0 Å². The Morgan fingerprint density at radius 3 is 1.21 bits per heavy atom. The molecule has 0 unspecified atom stereocenters. The highest BCUT2D eigenvalue weighted by molar-refractivity contribution is 5.41. The van der Waals surface area contributed by atoms with Crippen LogP contribution < -0.4 is 9.97 Å². The average Bonchev–Trinajstić information content (AvgIpc) is 3.64. The molecular weight excluding hydrogens is 464 g/mol. The lowest BCUT2D eigenvalue weighted by molar-refractivity contribution is -0.376. The largest absolute Gasteiger partial charge is 0.787 e. The van der Waals surface area contributed by atoms with Crippen molar-refractivity contribution in [3.63, 3.8) is 0 Å². The highest BCUT2D eigenvalue weighted by Gasteiger charge is 2.16. The molecule has 0 aliphatic heterocycles. The second-order valence-corrected chi connectivity index (χ2v) is 5.16. The Balaban J connectivity index is 0.000000137. The van der Waals surface area contributed by atoms with Gasteiger partial charge in [-0.25, -0.2) is 0 Å². The van der Waals surface area contributed by atoms with Crippen molar-refractivity contribution in [2.24, 2.45) is 0 Å². The highest BCUT2D eigenvalue weighted by Crippen LogP contribution is 2.07. The van der Waals surface area contributed by atoms with Gasteiger partial charge in [0, 0.05) is 0 Å². The maximum atomic E-state index is 10.7. The van der Waals surface area contributed by atoms with Crippen LogP contribution in [0.5, 0.6) is 0 Å². The molecule has 6 heterocycles. The first-order valence-electron chi connectivity index (χ1n) is 8.43. The Kier molecular flexibility index (Phi) is 7.53. The first-order chi connectivity index (χ1) is 16.6. The van der Waals surface area contributed by atoms with Crippen LogP contribution >= 0.6 is 0 Å². The molecule has 34 heavy (non-hydrogen) atoms. The summed E-state index contributed by atoms with van der Waals surface area (Å²) in [5.41, 5.74) is 0. The van der Waals surface area contributed by atoms with Gasteiger partial charge in [-0.3, -0.25) is 29.6 Å². The summed E-state index contributed by atoms with van der Waals surface area (Å²) in [7, 11) is 0. The second-order valence-electron chi connectivity index (χ2n) is 5.16. The van der Waals surface area contributed by atoms with Gasteiger partial charge in [0.15, 0.2) is 0 Å². The van der Waals surface area contributed by atoms with Crippen LogP contribution in [-0.2, 0) is 0 Å². The molecule has 0 amide bonds. The number of hydrogen-bond acceptors (Lipinski definition) is 16. The number of tetrazole rings is 4. The Bertz CT molecular complexity index is 1100. The minimum absolute atomic E-state index is 0.0556. The van der Waals surface area contributed by atoms with Crippen LogP contribution in [0.1, 0.15) is 0 Å².